The van der Waals surface area contributed by atoms with Crippen LogP contribution in [0.1, 0.15) is 50.2 Å². The Kier molecular flexibility index (Phi) is 4.17. The van der Waals surface area contributed by atoms with Gasteiger partial charge >= 0.3 is 0 Å². The molecule has 3 heteroatoms. The molecule has 1 aromatic rings. The molecule has 1 aromatic carbocycles. The van der Waals surface area contributed by atoms with Gasteiger partial charge in [-0.3, -0.25) is 5.32 Å². The highest BCUT2D eigenvalue weighted by Crippen LogP contribution is 2.33. The number of nitrogens with one attached hydrogen (secondary N) is 1. The summed E-state index contributed by atoms with van der Waals surface area (Å²) in [6, 6.07) is 8.99. The van der Waals surface area contributed by atoms with Crippen molar-refractivity contribution in [3.63, 3.8) is 0 Å². The maximum absolute atomic E-state index is 9.42. The van der Waals surface area contributed by atoms with Crippen LogP contribution in [0.4, 0.5) is 0 Å². The van der Waals surface area contributed by atoms with Gasteiger partial charge in [0.05, 0.1) is 6.07 Å². The van der Waals surface area contributed by atoms with Gasteiger partial charge in [0.25, 0.3) is 0 Å². The Labute approximate surface area is 127 Å². The van der Waals surface area contributed by atoms with E-state index in [-0.39, 0.29) is 11.6 Å². The molecule has 0 aromatic heterocycles. The lowest BCUT2D eigenvalue weighted by Crippen LogP contribution is -2.42. The average Bonchev–Trinajstić information content (AvgIpc) is 2.91. The van der Waals surface area contributed by atoms with E-state index in [1.807, 2.05) is 0 Å². The fourth-order valence-corrected chi connectivity index (χ4v) is 3.72. The van der Waals surface area contributed by atoms with E-state index in [1.54, 1.807) is 0 Å². The summed E-state index contributed by atoms with van der Waals surface area (Å²) in [5.41, 5.74) is 2.56. The molecule has 21 heavy (non-hydrogen) atoms. The van der Waals surface area contributed by atoms with Gasteiger partial charge in [-0.05, 0) is 68.3 Å². The summed E-state index contributed by atoms with van der Waals surface area (Å²) in [6.45, 7) is 2.88. The second-order valence-corrected chi connectivity index (χ2v) is 6.34. The van der Waals surface area contributed by atoms with Crippen molar-refractivity contribution < 1.29 is 4.74 Å². The Balaban J connectivity index is 1.67. The minimum Gasteiger partial charge on any atom is -0.490 e. The number of hydrogen-bond acceptors (Lipinski definition) is 3. The Morgan fingerprint density at radius 3 is 2.90 bits per heavy atom. The van der Waals surface area contributed by atoms with Crippen molar-refractivity contribution in [3.8, 4) is 11.8 Å². The largest absolute Gasteiger partial charge is 0.490 e. The highest BCUT2D eigenvalue weighted by Gasteiger charge is 2.39. The van der Waals surface area contributed by atoms with Crippen LogP contribution < -0.4 is 10.1 Å². The van der Waals surface area contributed by atoms with Crippen molar-refractivity contribution in [2.24, 2.45) is 0 Å². The molecule has 0 radical (unpaired) electrons. The van der Waals surface area contributed by atoms with Crippen LogP contribution in [0, 0.1) is 11.3 Å². The molecule has 0 bridgehead atoms. The number of nitrogens with zero attached hydrogens (tertiary/aromatic N) is 1. The van der Waals surface area contributed by atoms with Gasteiger partial charge < -0.3 is 4.74 Å². The van der Waals surface area contributed by atoms with E-state index < -0.39 is 0 Å². The summed E-state index contributed by atoms with van der Waals surface area (Å²) in [4.78, 5) is 0. The predicted octanol–water partition coefficient (Wildman–Crippen LogP) is 3.37. The minimum absolute atomic E-state index is 0.158. The maximum Gasteiger partial charge on any atom is 0.120 e. The highest BCUT2D eigenvalue weighted by molar-refractivity contribution is 5.37. The van der Waals surface area contributed by atoms with Gasteiger partial charge in [0, 0.05) is 6.42 Å². The summed E-state index contributed by atoms with van der Waals surface area (Å²) in [5, 5.41) is 12.8. The molecule has 3 nitrogen and oxygen atoms in total. The highest BCUT2D eigenvalue weighted by atomic mass is 16.5. The molecular formula is C18H24N2O. The average molecular weight is 284 g/mol. The van der Waals surface area contributed by atoms with Crippen molar-refractivity contribution in [2.45, 2.75) is 63.5 Å². The number of ether oxygens (including phenoxy) is 1. The van der Waals surface area contributed by atoms with Gasteiger partial charge in [0.2, 0.25) is 0 Å². The third-order valence-corrected chi connectivity index (χ3v) is 4.82. The fourth-order valence-electron chi connectivity index (χ4n) is 3.72. The zero-order valence-corrected chi connectivity index (χ0v) is 12.8. The quantitative estimate of drug-likeness (QED) is 0.922. The maximum atomic E-state index is 9.42. The van der Waals surface area contributed by atoms with Gasteiger partial charge in [0.15, 0.2) is 0 Å². The molecule has 1 N–H and O–H groups in total. The Morgan fingerprint density at radius 2 is 2.14 bits per heavy atom. The molecule has 2 atom stereocenters. The topological polar surface area (TPSA) is 45.0 Å². The van der Waals surface area contributed by atoms with E-state index in [4.69, 9.17) is 4.74 Å². The summed E-state index contributed by atoms with van der Waals surface area (Å²) in [5.74, 6) is 0.978. The van der Waals surface area contributed by atoms with Crippen LogP contribution in [0.25, 0.3) is 0 Å². The number of nitriles is 1. The van der Waals surface area contributed by atoms with Crippen molar-refractivity contribution in [3.05, 3.63) is 29.3 Å². The molecular weight excluding hydrogens is 260 g/mol. The number of fused-ring (bicyclic) bond motifs is 1. The van der Waals surface area contributed by atoms with Crippen molar-refractivity contribution in [1.29, 1.82) is 5.26 Å². The van der Waals surface area contributed by atoms with E-state index in [9.17, 15) is 5.26 Å². The van der Waals surface area contributed by atoms with Gasteiger partial charge in [-0.15, -0.1) is 0 Å². The summed E-state index contributed by atoms with van der Waals surface area (Å²) in [6.07, 6.45) is 7.76. The van der Waals surface area contributed by atoms with Crippen LogP contribution in [-0.2, 0) is 12.8 Å². The van der Waals surface area contributed by atoms with Crippen LogP contribution in [0.15, 0.2) is 18.2 Å². The van der Waals surface area contributed by atoms with E-state index in [0.29, 0.717) is 0 Å². The Hall–Kier alpha value is -1.53. The lowest BCUT2D eigenvalue weighted by atomic mass is 9.92. The fraction of sp³-hybridized carbons (Fsp3) is 0.611. The van der Waals surface area contributed by atoms with Crippen LogP contribution in [0.5, 0.6) is 5.75 Å². The predicted molar refractivity (Wildman–Crippen MR) is 83.4 cm³/mol. The monoisotopic (exact) mass is 284 g/mol. The Morgan fingerprint density at radius 1 is 1.33 bits per heavy atom. The first kappa shape index (κ1) is 14.4. The van der Waals surface area contributed by atoms with Gasteiger partial charge in [-0.1, -0.05) is 13.0 Å². The second kappa shape index (κ2) is 6.07. The van der Waals surface area contributed by atoms with E-state index in [1.165, 1.54) is 36.8 Å². The molecule has 1 saturated carbocycles. The lowest BCUT2D eigenvalue weighted by Gasteiger charge is -2.22. The van der Waals surface area contributed by atoms with Gasteiger partial charge in [-0.25, -0.2) is 0 Å². The van der Waals surface area contributed by atoms with Crippen LogP contribution in [-0.4, -0.2) is 18.2 Å². The molecule has 2 unspecified atom stereocenters. The molecule has 0 spiro atoms. The molecule has 3 rings (SSSR count). The molecule has 0 amide bonds. The first-order valence-electron chi connectivity index (χ1n) is 8.19. The molecule has 0 saturated heterocycles. The summed E-state index contributed by atoms with van der Waals surface area (Å²) < 4.78 is 6.15. The number of hydrogen-bond donors (Lipinski definition) is 1. The molecule has 0 aliphatic heterocycles. The number of benzene rings is 1. The SMILES string of the molecule is CCNC1(C#N)CCC(Oc2ccc3c(c2)CCCC3)C1. The normalized spacial score (nSPS) is 27.9. The van der Waals surface area contributed by atoms with Crippen molar-refractivity contribution in [1.82, 2.24) is 5.32 Å². The van der Waals surface area contributed by atoms with E-state index in [0.717, 1.165) is 31.6 Å². The summed E-state index contributed by atoms with van der Waals surface area (Å²) in [7, 11) is 0. The van der Waals surface area contributed by atoms with Crippen LogP contribution in [0.2, 0.25) is 0 Å². The van der Waals surface area contributed by atoms with Gasteiger partial charge in [0.1, 0.15) is 17.4 Å². The lowest BCUT2D eigenvalue weighted by molar-refractivity contribution is 0.201. The van der Waals surface area contributed by atoms with Crippen molar-refractivity contribution in [2.75, 3.05) is 6.54 Å². The van der Waals surface area contributed by atoms with Crippen molar-refractivity contribution >= 4 is 0 Å². The van der Waals surface area contributed by atoms with E-state index >= 15 is 0 Å². The minimum atomic E-state index is -0.381. The smallest absolute Gasteiger partial charge is 0.120 e. The Bertz CT molecular complexity index is 549. The van der Waals surface area contributed by atoms with Crippen LogP contribution in [0.3, 0.4) is 0 Å². The summed E-state index contributed by atoms with van der Waals surface area (Å²) >= 11 is 0. The first-order chi connectivity index (χ1) is 10.2. The standard InChI is InChI=1S/C18H24N2O/c1-2-20-18(13-19)10-9-17(12-18)21-16-8-7-14-5-3-4-6-15(14)11-16/h7-8,11,17,20H,2-6,9-10,12H2,1H3. The molecule has 2 aliphatic rings. The molecule has 0 heterocycles. The first-order valence-corrected chi connectivity index (χ1v) is 8.19. The zero-order valence-electron chi connectivity index (χ0n) is 12.8. The molecule has 2 aliphatic carbocycles. The number of aryl methyl sites for hydroxylation is 2. The molecule has 1 fully saturated rings. The molecule has 112 valence electrons. The third-order valence-electron chi connectivity index (χ3n) is 4.82. The number of rotatable bonds is 4. The van der Waals surface area contributed by atoms with E-state index in [2.05, 4.69) is 36.5 Å². The zero-order chi connectivity index (χ0) is 14.7. The second-order valence-electron chi connectivity index (χ2n) is 6.34. The van der Waals surface area contributed by atoms with Gasteiger partial charge in [-0.2, -0.15) is 5.26 Å². The van der Waals surface area contributed by atoms with Crippen LogP contribution >= 0.6 is 0 Å². The third kappa shape index (κ3) is 3.06.